The third-order valence-electron chi connectivity index (χ3n) is 4.69. The zero-order valence-corrected chi connectivity index (χ0v) is 12.0. The van der Waals surface area contributed by atoms with Gasteiger partial charge < -0.3 is 10.2 Å². The van der Waals surface area contributed by atoms with E-state index in [1.165, 1.54) is 0 Å². The summed E-state index contributed by atoms with van der Waals surface area (Å²) in [6, 6.07) is 0. The lowest BCUT2D eigenvalue weighted by Gasteiger charge is -2.35. The molecule has 98 valence electrons. The molecule has 18 heavy (non-hydrogen) atoms. The number of nitrogens with zero attached hydrogens (tertiary/aromatic N) is 1. The molecule has 0 radical (unpaired) electrons. The van der Waals surface area contributed by atoms with Crippen LogP contribution >= 0.6 is 11.3 Å². The molecule has 2 aliphatic rings. The van der Waals surface area contributed by atoms with Crippen LogP contribution in [0.25, 0.3) is 0 Å². The number of fused-ring (bicyclic) bond motifs is 1. The molecule has 3 nitrogen and oxygen atoms in total. The second-order valence-electron chi connectivity index (χ2n) is 6.06. The molecule has 2 aliphatic heterocycles. The van der Waals surface area contributed by atoms with E-state index in [4.69, 9.17) is 0 Å². The van der Waals surface area contributed by atoms with Gasteiger partial charge in [0.05, 0.1) is 5.56 Å². The first-order valence-electron chi connectivity index (χ1n) is 6.57. The van der Waals surface area contributed by atoms with Gasteiger partial charge in [0.2, 0.25) is 0 Å². The van der Waals surface area contributed by atoms with E-state index in [1.807, 2.05) is 12.3 Å². The molecule has 0 bridgehead atoms. The van der Waals surface area contributed by atoms with E-state index in [-0.39, 0.29) is 11.4 Å². The van der Waals surface area contributed by atoms with E-state index < -0.39 is 0 Å². The number of thiophene rings is 1. The summed E-state index contributed by atoms with van der Waals surface area (Å²) >= 11 is 1.61. The van der Waals surface area contributed by atoms with E-state index in [0.717, 1.165) is 30.8 Å². The van der Waals surface area contributed by atoms with Gasteiger partial charge in [-0.1, -0.05) is 0 Å². The Balaban J connectivity index is 1.90. The van der Waals surface area contributed by atoms with E-state index in [9.17, 15) is 4.79 Å². The van der Waals surface area contributed by atoms with Crippen LogP contribution in [0.2, 0.25) is 0 Å². The van der Waals surface area contributed by atoms with E-state index in [1.54, 1.807) is 11.3 Å². The Kier molecular flexibility index (Phi) is 2.75. The van der Waals surface area contributed by atoms with Crippen LogP contribution in [0.4, 0.5) is 0 Å². The van der Waals surface area contributed by atoms with Gasteiger partial charge >= 0.3 is 0 Å². The maximum absolute atomic E-state index is 12.7. The van der Waals surface area contributed by atoms with E-state index in [0.29, 0.717) is 11.8 Å². The van der Waals surface area contributed by atoms with Crippen molar-refractivity contribution in [3.63, 3.8) is 0 Å². The fraction of sp³-hybridized carbons (Fsp3) is 0.643. The van der Waals surface area contributed by atoms with Gasteiger partial charge in [-0.25, -0.2) is 0 Å². The first-order valence-corrected chi connectivity index (χ1v) is 7.51. The standard InChI is InChI=1S/C14H20N2OS/c1-9-7-18-8-11(9)13(17)16-6-10-4-15-5-12(10)14(16,2)3/h7-8,10,12,15H,4-6H2,1-3H3. The average Bonchev–Trinajstić information content (AvgIpc) is 2.96. The number of aryl methyl sites for hydroxylation is 1. The highest BCUT2D eigenvalue weighted by molar-refractivity contribution is 7.08. The van der Waals surface area contributed by atoms with Crippen molar-refractivity contribution >= 4 is 17.2 Å². The molecule has 0 spiro atoms. The fourth-order valence-corrected chi connectivity index (χ4v) is 4.31. The Morgan fingerprint density at radius 1 is 1.44 bits per heavy atom. The molecule has 4 heteroatoms. The Bertz CT molecular complexity index is 480. The second kappa shape index (κ2) is 4.07. The van der Waals surface area contributed by atoms with Crippen LogP contribution in [0.3, 0.4) is 0 Å². The maximum atomic E-state index is 12.7. The topological polar surface area (TPSA) is 32.3 Å². The first kappa shape index (κ1) is 12.2. The second-order valence-corrected chi connectivity index (χ2v) is 6.81. The highest BCUT2D eigenvalue weighted by atomic mass is 32.1. The first-order chi connectivity index (χ1) is 8.51. The molecule has 1 aromatic rings. The van der Waals surface area contributed by atoms with Gasteiger partial charge in [0.15, 0.2) is 0 Å². The normalized spacial score (nSPS) is 29.6. The Labute approximate surface area is 112 Å². The smallest absolute Gasteiger partial charge is 0.255 e. The van der Waals surface area contributed by atoms with Crippen molar-refractivity contribution in [2.75, 3.05) is 19.6 Å². The minimum Gasteiger partial charge on any atom is -0.333 e. The van der Waals surface area contributed by atoms with Gasteiger partial charge in [-0.2, -0.15) is 11.3 Å². The third kappa shape index (κ3) is 1.62. The van der Waals surface area contributed by atoms with Crippen LogP contribution in [0.15, 0.2) is 10.8 Å². The Morgan fingerprint density at radius 2 is 2.22 bits per heavy atom. The molecule has 3 rings (SSSR count). The molecule has 2 atom stereocenters. The Hall–Kier alpha value is -0.870. The van der Waals surface area contributed by atoms with Gasteiger partial charge in [-0.15, -0.1) is 0 Å². The lowest BCUT2D eigenvalue weighted by molar-refractivity contribution is 0.0603. The van der Waals surface area contributed by atoms with Gasteiger partial charge in [0, 0.05) is 30.6 Å². The van der Waals surface area contributed by atoms with Crippen molar-refractivity contribution in [2.45, 2.75) is 26.3 Å². The van der Waals surface area contributed by atoms with Crippen LogP contribution in [-0.2, 0) is 0 Å². The lowest BCUT2D eigenvalue weighted by atomic mass is 9.84. The molecule has 3 heterocycles. The van der Waals surface area contributed by atoms with Crippen LogP contribution in [-0.4, -0.2) is 36.0 Å². The number of likely N-dealkylation sites (tertiary alicyclic amines) is 1. The Morgan fingerprint density at radius 3 is 2.83 bits per heavy atom. The minimum absolute atomic E-state index is 0.0281. The summed E-state index contributed by atoms with van der Waals surface area (Å²) < 4.78 is 0. The summed E-state index contributed by atoms with van der Waals surface area (Å²) in [6.07, 6.45) is 0. The molecular weight excluding hydrogens is 244 g/mol. The van der Waals surface area contributed by atoms with E-state index in [2.05, 4.69) is 29.4 Å². The zero-order chi connectivity index (χ0) is 12.9. The number of hydrogen-bond donors (Lipinski definition) is 1. The van der Waals surface area contributed by atoms with Crippen molar-refractivity contribution in [3.8, 4) is 0 Å². The molecule has 0 aliphatic carbocycles. The van der Waals surface area contributed by atoms with Crippen LogP contribution < -0.4 is 5.32 Å². The molecule has 1 N–H and O–H groups in total. The molecule has 2 unspecified atom stereocenters. The largest absolute Gasteiger partial charge is 0.333 e. The zero-order valence-electron chi connectivity index (χ0n) is 11.2. The molecule has 0 aromatic carbocycles. The monoisotopic (exact) mass is 264 g/mol. The number of hydrogen-bond acceptors (Lipinski definition) is 3. The summed E-state index contributed by atoms with van der Waals surface area (Å²) in [5, 5.41) is 7.49. The molecule has 2 saturated heterocycles. The predicted molar refractivity (Wildman–Crippen MR) is 74.0 cm³/mol. The predicted octanol–water partition coefficient (Wildman–Crippen LogP) is 2.13. The van der Waals surface area contributed by atoms with Gasteiger partial charge in [0.1, 0.15) is 0 Å². The summed E-state index contributed by atoms with van der Waals surface area (Å²) in [6.45, 7) is 9.45. The van der Waals surface area contributed by atoms with Crippen molar-refractivity contribution in [1.82, 2.24) is 10.2 Å². The summed E-state index contributed by atoms with van der Waals surface area (Å²) in [5.74, 6) is 1.44. The molecule has 0 saturated carbocycles. The molecule has 1 amide bonds. The van der Waals surface area contributed by atoms with Crippen molar-refractivity contribution in [3.05, 3.63) is 21.9 Å². The number of rotatable bonds is 1. The quantitative estimate of drug-likeness (QED) is 0.843. The highest BCUT2D eigenvalue weighted by Crippen LogP contribution is 2.41. The maximum Gasteiger partial charge on any atom is 0.255 e. The fourth-order valence-electron chi connectivity index (χ4n) is 3.49. The lowest BCUT2D eigenvalue weighted by Crippen LogP contribution is -2.47. The number of carbonyl (C=O) groups is 1. The molecular formula is C14H20N2OS. The summed E-state index contributed by atoms with van der Waals surface area (Å²) in [7, 11) is 0. The summed E-state index contributed by atoms with van der Waals surface area (Å²) in [5.41, 5.74) is 1.97. The van der Waals surface area contributed by atoms with Gasteiger partial charge in [-0.05, 0) is 43.6 Å². The van der Waals surface area contributed by atoms with E-state index >= 15 is 0 Å². The SMILES string of the molecule is Cc1cscc1C(=O)N1CC2CNCC2C1(C)C. The number of nitrogens with one attached hydrogen (secondary N) is 1. The third-order valence-corrected chi connectivity index (χ3v) is 5.55. The molecule has 2 fully saturated rings. The number of amides is 1. The van der Waals surface area contributed by atoms with Crippen LogP contribution in [0.5, 0.6) is 0 Å². The van der Waals surface area contributed by atoms with Crippen molar-refractivity contribution < 1.29 is 4.79 Å². The highest BCUT2D eigenvalue weighted by Gasteiger charge is 2.51. The summed E-state index contributed by atoms with van der Waals surface area (Å²) in [4.78, 5) is 14.8. The van der Waals surface area contributed by atoms with Crippen molar-refractivity contribution in [2.24, 2.45) is 11.8 Å². The van der Waals surface area contributed by atoms with Crippen molar-refractivity contribution in [1.29, 1.82) is 0 Å². The molecule has 1 aromatic heterocycles. The van der Waals surface area contributed by atoms with Gasteiger partial charge in [0.25, 0.3) is 5.91 Å². The minimum atomic E-state index is -0.0281. The average molecular weight is 264 g/mol. The van der Waals surface area contributed by atoms with Gasteiger partial charge in [-0.3, -0.25) is 4.79 Å². The van der Waals surface area contributed by atoms with Crippen LogP contribution in [0.1, 0.15) is 29.8 Å². The van der Waals surface area contributed by atoms with Crippen LogP contribution in [0, 0.1) is 18.8 Å². The number of carbonyl (C=O) groups excluding carboxylic acids is 1.